The van der Waals surface area contributed by atoms with E-state index in [9.17, 15) is 14.7 Å². The summed E-state index contributed by atoms with van der Waals surface area (Å²) in [7, 11) is 1.90. The van der Waals surface area contributed by atoms with Gasteiger partial charge in [0.1, 0.15) is 51.6 Å². The number of esters is 1. The number of anilines is 2. The van der Waals surface area contributed by atoms with Crippen LogP contribution in [-0.2, 0) is 27.2 Å². The zero-order valence-corrected chi connectivity index (χ0v) is 32.5. The van der Waals surface area contributed by atoms with Crippen molar-refractivity contribution in [3.8, 4) is 22.8 Å². The number of aromatic nitrogens is 2. The SMILES string of the molecule is CNC[C@@H]1CC[C@@]2(O[C@@H]2CCc2cc(N)nc(-c3cc(N)nc(CN4C=C5N=CC=C5C4)c3)c2)C(=O)O[C@@H]2[C@@H](C1)c1c(cc3oc(C)cc(=O)c3c1O)OC2(C)C. The Bertz CT molecular complexity index is 2470. The number of ether oxygens (including phenoxy) is 3. The number of hydrogen-bond acceptors (Lipinski definition) is 14. The highest BCUT2D eigenvalue weighted by molar-refractivity contribution is 5.88. The van der Waals surface area contributed by atoms with Gasteiger partial charge < -0.3 is 45.4 Å². The molecule has 5 aliphatic heterocycles. The molecule has 0 radical (unpaired) electrons. The first kappa shape index (κ1) is 36.9. The Morgan fingerprint density at radius 2 is 1.89 bits per heavy atom. The fourth-order valence-electron chi connectivity index (χ4n) is 9.31. The van der Waals surface area contributed by atoms with Crippen LogP contribution < -0.4 is 26.9 Å². The third-order valence-corrected chi connectivity index (χ3v) is 12.0. The van der Waals surface area contributed by atoms with Crippen molar-refractivity contribution in [1.29, 1.82) is 0 Å². The highest BCUT2D eigenvalue weighted by atomic mass is 16.7. The first-order valence-corrected chi connectivity index (χ1v) is 19.6. The summed E-state index contributed by atoms with van der Waals surface area (Å²) < 4.78 is 25.1. The van der Waals surface area contributed by atoms with Gasteiger partial charge in [-0.25, -0.2) is 14.8 Å². The molecule has 2 saturated heterocycles. The van der Waals surface area contributed by atoms with Crippen LogP contribution in [0.2, 0.25) is 0 Å². The van der Waals surface area contributed by atoms with Gasteiger partial charge in [-0.1, -0.05) is 0 Å². The van der Waals surface area contributed by atoms with E-state index in [-0.39, 0.29) is 34.2 Å². The smallest absolute Gasteiger partial charge is 0.341 e. The molecule has 0 aliphatic carbocycles. The Hall–Kier alpha value is -5.73. The molecule has 2 fully saturated rings. The van der Waals surface area contributed by atoms with E-state index >= 15 is 0 Å². The van der Waals surface area contributed by atoms with Crippen molar-refractivity contribution in [2.24, 2.45) is 10.9 Å². The van der Waals surface area contributed by atoms with Crippen LogP contribution in [0.25, 0.3) is 22.2 Å². The third-order valence-electron chi connectivity index (χ3n) is 12.0. The lowest BCUT2D eigenvalue weighted by Gasteiger charge is -2.45. The van der Waals surface area contributed by atoms with Gasteiger partial charge in [0.15, 0.2) is 11.0 Å². The molecule has 8 heterocycles. The molecule has 1 spiro atoms. The van der Waals surface area contributed by atoms with Crippen molar-refractivity contribution in [3.63, 3.8) is 0 Å². The molecule has 57 heavy (non-hydrogen) atoms. The molecule has 4 aromatic rings. The number of allylic oxidation sites excluding steroid dienone is 1. The molecule has 14 nitrogen and oxygen atoms in total. The number of fused-ring (bicyclic) bond motifs is 5. The number of rotatable bonds is 8. The third kappa shape index (κ3) is 6.69. The van der Waals surface area contributed by atoms with Crippen LogP contribution in [0.3, 0.4) is 0 Å². The number of benzene rings is 1. The highest BCUT2D eigenvalue weighted by Crippen LogP contribution is 2.54. The minimum atomic E-state index is -1.12. The maximum Gasteiger partial charge on any atom is 0.341 e. The van der Waals surface area contributed by atoms with Gasteiger partial charge in [0.05, 0.1) is 29.7 Å². The molecule has 0 unspecified atom stereocenters. The second-order valence-corrected chi connectivity index (χ2v) is 16.5. The number of carbonyl (C=O) groups excluding carboxylic acids is 1. The molecule has 3 aromatic heterocycles. The Kier molecular flexibility index (Phi) is 8.89. The van der Waals surface area contributed by atoms with Crippen LogP contribution in [0.5, 0.6) is 11.5 Å². The van der Waals surface area contributed by atoms with E-state index in [0.29, 0.717) is 79.6 Å². The molecule has 6 N–H and O–H groups in total. The Morgan fingerprint density at radius 1 is 1.07 bits per heavy atom. The van der Waals surface area contributed by atoms with Crippen LogP contribution in [0.15, 0.2) is 74.1 Å². The lowest BCUT2D eigenvalue weighted by atomic mass is 9.75. The van der Waals surface area contributed by atoms with Gasteiger partial charge in [-0.15, -0.1) is 0 Å². The lowest BCUT2D eigenvalue weighted by Crippen LogP contribution is -2.52. The molecule has 0 bridgehead atoms. The van der Waals surface area contributed by atoms with E-state index in [0.717, 1.165) is 29.1 Å². The average molecular weight is 774 g/mol. The number of pyridine rings is 2. The van der Waals surface area contributed by atoms with E-state index in [1.807, 2.05) is 57.6 Å². The van der Waals surface area contributed by atoms with E-state index in [1.165, 1.54) is 11.6 Å². The summed E-state index contributed by atoms with van der Waals surface area (Å²) in [6, 6.07) is 10.7. The molecular weight excluding hydrogens is 727 g/mol. The largest absolute Gasteiger partial charge is 0.507 e. The molecule has 1 aromatic carbocycles. The highest BCUT2D eigenvalue weighted by Gasteiger charge is 2.65. The number of epoxide rings is 1. The summed E-state index contributed by atoms with van der Waals surface area (Å²) in [5.41, 5.74) is 16.3. The van der Waals surface area contributed by atoms with Crippen molar-refractivity contribution >= 4 is 34.8 Å². The van der Waals surface area contributed by atoms with Crippen LogP contribution in [0, 0.1) is 12.8 Å². The maximum absolute atomic E-state index is 14.4. The van der Waals surface area contributed by atoms with Crippen molar-refractivity contribution in [1.82, 2.24) is 20.2 Å². The van der Waals surface area contributed by atoms with Crippen molar-refractivity contribution in [2.45, 2.75) is 88.7 Å². The molecule has 5 aliphatic rings. The number of aryl methyl sites for hydroxylation is 2. The van der Waals surface area contributed by atoms with Crippen molar-refractivity contribution in [2.75, 3.05) is 31.6 Å². The van der Waals surface area contributed by atoms with E-state index in [1.54, 1.807) is 19.1 Å². The summed E-state index contributed by atoms with van der Waals surface area (Å²) in [4.78, 5) is 43.2. The topological polar surface area (TPSA) is 204 Å². The minimum Gasteiger partial charge on any atom is -0.507 e. The number of nitrogens with two attached hydrogens (primary N) is 2. The molecule has 14 heteroatoms. The number of nitrogens with zero attached hydrogens (tertiary/aromatic N) is 4. The predicted octanol–water partition coefficient (Wildman–Crippen LogP) is 5.05. The predicted molar refractivity (Wildman–Crippen MR) is 215 cm³/mol. The molecule has 5 atom stereocenters. The standard InChI is InChI=1S/C43H47N7O7/c1-22-11-31(51)38-32(54-22)17-33-37(39(38)52)28-12-24(18-46-4)7-9-43(41(53)55-40(28)42(2,3)56-33)34(57-43)6-5-23-13-29(49-35(44)14-23)26-15-27(48-36(45)16-26)20-50-19-25-8-10-47-30(25)21-50/h8,10-11,13-17,21,24,28,34,40,46,52H,5-7,9,12,18-20H2,1-4H3,(H2,44,49)(H2,45,48)/t24-,28+,34-,40-,43+/m1/s1. The minimum absolute atomic E-state index is 0.0862. The first-order valence-electron chi connectivity index (χ1n) is 19.6. The van der Waals surface area contributed by atoms with Crippen LogP contribution >= 0.6 is 0 Å². The molecule has 0 amide bonds. The lowest BCUT2D eigenvalue weighted by molar-refractivity contribution is -0.170. The zero-order valence-electron chi connectivity index (χ0n) is 32.5. The summed E-state index contributed by atoms with van der Waals surface area (Å²) in [6.07, 6.45) is 7.60. The molecule has 296 valence electrons. The summed E-state index contributed by atoms with van der Waals surface area (Å²) in [6.45, 7) is 7.45. The molecular formula is C43H47N7O7. The van der Waals surface area contributed by atoms with Crippen LogP contribution in [0.4, 0.5) is 11.6 Å². The monoisotopic (exact) mass is 773 g/mol. The van der Waals surface area contributed by atoms with Gasteiger partial charge in [-0.3, -0.25) is 9.79 Å². The van der Waals surface area contributed by atoms with Gasteiger partial charge >= 0.3 is 5.97 Å². The van der Waals surface area contributed by atoms with Gasteiger partial charge in [0.25, 0.3) is 0 Å². The van der Waals surface area contributed by atoms with Gasteiger partial charge in [0, 0.05) is 53.7 Å². The number of phenols is 1. The van der Waals surface area contributed by atoms with E-state index in [2.05, 4.69) is 25.2 Å². The second kappa shape index (κ2) is 13.7. The quantitative estimate of drug-likeness (QED) is 0.137. The van der Waals surface area contributed by atoms with Gasteiger partial charge in [0.2, 0.25) is 0 Å². The Balaban J connectivity index is 0.953. The summed E-state index contributed by atoms with van der Waals surface area (Å²) in [5.74, 6) is 0.602. The van der Waals surface area contributed by atoms with E-state index < -0.39 is 29.2 Å². The van der Waals surface area contributed by atoms with E-state index in [4.69, 9.17) is 30.1 Å². The fourth-order valence-corrected chi connectivity index (χ4v) is 9.31. The second-order valence-electron chi connectivity index (χ2n) is 16.5. The Morgan fingerprint density at radius 3 is 2.70 bits per heavy atom. The Labute approximate surface area is 329 Å². The number of nitrogen functional groups attached to an aromatic ring is 2. The number of carbonyl (C=O) groups is 1. The number of aliphatic imine (C=N–C) groups is 1. The van der Waals surface area contributed by atoms with Crippen LogP contribution in [-0.4, -0.2) is 75.7 Å². The van der Waals surface area contributed by atoms with Crippen LogP contribution in [0.1, 0.15) is 68.0 Å². The normalized spacial score (nSPS) is 25.8. The number of aromatic hydroxyl groups is 1. The zero-order chi connectivity index (χ0) is 39.8. The molecule has 9 rings (SSSR count). The molecule has 0 saturated carbocycles. The van der Waals surface area contributed by atoms with Crippen molar-refractivity contribution < 1.29 is 28.5 Å². The van der Waals surface area contributed by atoms with Gasteiger partial charge in [-0.05, 0) is 108 Å². The van der Waals surface area contributed by atoms with Gasteiger partial charge in [-0.2, -0.15) is 0 Å². The van der Waals surface area contributed by atoms with Crippen molar-refractivity contribution in [3.05, 3.63) is 92.7 Å². The summed E-state index contributed by atoms with van der Waals surface area (Å²) >= 11 is 0. The number of nitrogens with one attached hydrogen (secondary N) is 1. The first-order chi connectivity index (χ1) is 27.3. The fraction of sp³-hybridized carbons (Fsp3) is 0.419. The maximum atomic E-state index is 14.4. The number of hydrogen-bond donors (Lipinski definition) is 4. The number of phenolic OH excluding ortho intramolecular Hbond substituents is 1. The average Bonchev–Trinajstić information content (AvgIpc) is 3.44. The summed E-state index contributed by atoms with van der Waals surface area (Å²) in [5, 5.41) is 15.1.